The first kappa shape index (κ1) is 15.2. The minimum absolute atomic E-state index is 0.0202. The van der Waals surface area contributed by atoms with Gasteiger partial charge in [-0.3, -0.25) is 0 Å². The maximum absolute atomic E-state index is 12.7. The molecule has 4 nitrogen and oxygen atoms in total. The number of amides is 2. The van der Waals surface area contributed by atoms with Gasteiger partial charge in [0.25, 0.3) is 0 Å². The van der Waals surface area contributed by atoms with Crippen LogP contribution in [0.3, 0.4) is 0 Å². The summed E-state index contributed by atoms with van der Waals surface area (Å²) in [4.78, 5) is 14.6. The number of fused-ring (bicyclic) bond motifs is 1. The Kier molecular flexibility index (Phi) is 4.52. The number of nitrogens with zero attached hydrogens (tertiary/aromatic N) is 2. The Morgan fingerprint density at radius 2 is 2.05 bits per heavy atom. The molecule has 1 N–H and O–H groups in total. The summed E-state index contributed by atoms with van der Waals surface area (Å²) in [6.07, 6.45) is 4.14. The topological polar surface area (TPSA) is 37.3 Å². The number of aromatic nitrogens is 1. The maximum Gasteiger partial charge on any atom is 0.322 e. The highest BCUT2D eigenvalue weighted by Crippen LogP contribution is 2.30. The molecule has 2 amide bonds. The number of nitrogens with one attached hydrogen (secondary N) is 1. The summed E-state index contributed by atoms with van der Waals surface area (Å²) in [5, 5.41) is 3.01. The maximum atomic E-state index is 12.7. The summed E-state index contributed by atoms with van der Waals surface area (Å²) >= 11 is 3.41. The molecular formula is C17H20BrN3O. The minimum Gasteiger partial charge on any atom is -0.348 e. The van der Waals surface area contributed by atoms with E-state index in [0.717, 1.165) is 36.1 Å². The van der Waals surface area contributed by atoms with E-state index in [1.54, 1.807) is 0 Å². The van der Waals surface area contributed by atoms with Gasteiger partial charge >= 0.3 is 6.03 Å². The zero-order valence-corrected chi connectivity index (χ0v) is 14.2. The summed E-state index contributed by atoms with van der Waals surface area (Å²) in [7, 11) is 0. The van der Waals surface area contributed by atoms with E-state index in [1.165, 1.54) is 5.69 Å². The quantitative estimate of drug-likeness (QED) is 0.849. The van der Waals surface area contributed by atoms with Crippen molar-refractivity contribution >= 4 is 27.6 Å². The van der Waals surface area contributed by atoms with Crippen LogP contribution in [-0.2, 0) is 6.54 Å². The molecular weight excluding hydrogens is 342 g/mol. The van der Waals surface area contributed by atoms with Crippen LogP contribution in [0.4, 0.5) is 10.5 Å². The molecule has 2 heterocycles. The fourth-order valence-electron chi connectivity index (χ4n) is 3.01. The molecule has 0 saturated heterocycles. The van der Waals surface area contributed by atoms with Gasteiger partial charge in [-0.25, -0.2) is 4.79 Å². The van der Waals surface area contributed by atoms with Crippen molar-refractivity contribution in [3.05, 3.63) is 52.8 Å². The Hall–Kier alpha value is -1.75. The van der Waals surface area contributed by atoms with Crippen molar-refractivity contribution in [2.45, 2.75) is 32.4 Å². The molecule has 0 aliphatic carbocycles. The average Bonchev–Trinajstić information content (AvgIpc) is 2.99. The van der Waals surface area contributed by atoms with Crippen LogP contribution in [0.2, 0.25) is 0 Å². The van der Waals surface area contributed by atoms with E-state index in [-0.39, 0.29) is 12.1 Å². The fraction of sp³-hybridized carbons (Fsp3) is 0.353. The number of hydrogen-bond donors (Lipinski definition) is 1. The first-order chi connectivity index (χ1) is 10.7. The van der Waals surface area contributed by atoms with E-state index in [2.05, 4.69) is 51.1 Å². The molecule has 22 heavy (non-hydrogen) atoms. The molecule has 3 rings (SSSR count). The molecule has 1 aliphatic rings. The molecule has 0 fully saturated rings. The smallest absolute Gasteiger partial charge is 0.322 e. The average molecular weight is 362 g/mol. The molecule has 0 spiro atoms. The molecule has 2 aromatic rings. The van der Waals surface area contributed by atoms with E-state index in [9.17, 15) is 4.79 Å². The first-order valence-corrected chi connectivity index (χ1v) is 8.46. The molecule has 1 aromatic carbocycles. The van der Waals surface area contributed by atoms with Crippen molar-refractivity contribution in [3.8, 4) is 0 Å². The van der Waals surface area contributed by atoms with E-state index < -0.39 is 0 Å². The number of benzene rings is 1. The lowest BCUT2D eigenvalue weighted by Crippen LogP contribution is -2.44. The molecule has 5 heteroatoms. The summed E-state index contributed by atoms with van der Waals surface area (Å²) in [6.45, 7) is 3.76. The van der Waals surface area contributed by atoms with Crippen molar-refractivity contribution in [2.24, 2.45) is 0 Å². The lowest BCUT2D eigenvalue weighted by molar-refractivity contribution is 0.163. The predicted octanol–water partition coefficient (Wildman–Crippen LogP) is 4.64. The standard InChI is InChI=1S/C17H20BrN3O/c1-2-4-16-15-5-3-10-20(15)11-12-21(16)17(22)19-14-8-6-13(18)7-9-14/h3,5-10,16H,2,4,11-12H2,1H3,(H,19,22)/t16-/m0/s1. The number of rotatable bonds is 3. The zero-order chi connectivity index (χ0) is 15.5. The van der Waals surface area contributed by atoms with Crippen LogP contribution in [0.5, 0.6) is 0 Å². The monoisotopic (exact) mass is 361 g/mol. The Morgan fingerprint density at radius 1 is 1.27 bits per heavy atom. The molecule has 0 bridgehead atoms. The number of halogens is 1. The van der Waals surface area contributed by atoms with Gasteiger partial charge in [0.05, 0.1) is 6.04 Å². The molecule has 0 radical (unpaired) electrons. The van der Waals surface area contributed by atoms with Crippen molar-refractivity contribution in [1.82, 2.24) is 9.47 Å². The van der Waals surface area contributed by atoms with E-state index in [0.29, 0.717) is 0 Å². The number of urea groups is 1. The fourth-order valence-corrected chi connectivity index (χ4v) is 3.28. The number of carbonyl (C=O) groups is 1. The van der Waals surface area contributed by atoms with Crippen molar-refractivity contribution in [1.29, 1.82) is 0 Å². The van der Waals surface area contributed by atoms with Crippen LogP contribution in [-0.4, -0.2) is 22.0 Å². The second kappa shape index (κ2) is 6.57. The molecule has 1 aromatic heterocycles. The van der Waals surface area contributed by atoms with Crippen molar-refractivity contribution in [2.75, 3.05) is 11.9 Å². The van der Waals surface area contributed by atoms with Gasteiger partial charge in [-0.15, -0.1) is 0 Å². The van der Waals surface area contributed by atoms with Gasteiger partial charge < -0.3 is 14.8 Å². The van der Waals surface area contributed by atoms with Gasteiger partial charge in [-0.05, 0) is 42.8 Å². The summed E-state index contributed by atoms with van der Waals surface area (Å²) in [6, 6.07) is 12.0. The number of anilines is 1. The van der Waals surface area contributed by atoms with Crippen LogP contribution >= 0.6 is 15.9 Å². The predicted molar refractivity (Wildman–Crippen MR) is 91.9 cm³/mol. The number of carbonyl (C=O) groups excluding carboxylic acids is 1. The third kappa shape index (κ3) is 3.04. The van der Waals surface area contributed by atoms with Crippen LogP contribution in [0.15, 0.2) is 47.1 Å². The number of hydrogen-bond acceptors (Lipinski definition) is 1. The van der Waals surface area contributed by atoms with Gasteiger partial charge in [0.1, 0.15) is 0 Å². The van der Waals surface area contributed by atoms with E-state index in [4.69, 9.17) is 0 Å². The SMILES string of the molecule is CCC[C@H]1c2cccn2CCN1C(=O)Nc1ccc(Br)cc1. The van der Waals surface area contributed by atoms with Gasteiger partial charge in [0, 0.05) is 35.1 Å². The summed E-state index contributed by atoms with van der Waals surface area (Å²) < 4.78 is 3.26. The van der Waals surface area contributed by atoms with E-state index >= 15 is 0 Å². The first-order valence-electron chi connectivity index (χ1n) is 7.67. The molecule has 0 saturated carbocycles. The normalized spacial score (nSPS) is 17.2. The van der Waals surface area contributed by atoms with Crippen molar-refractivity contribution in [3.63, 3.8) is 0 Å². The van der Waals surface area contributed by atoms with Crippen LogP contribution in [0, 0.1) is 0 Å². The van der Waals surface area contributed by atoms with Crippen LogP contribution in [0.25, 0.3) is 0 Å². The minimum atomic E-state index is -0.0202. The van der Waals surface area contributed by atoms with Crippen molar-refractivity contribution < 1.29 is 4.79 Å². The zero-order valence-electron chi connectivity index (χ0n) is 12.6. The highest BCUT2D eigenvalue weighted by molar-refractivity contribution is 9.10. The van der Waals surface area contributed by atoms with E-state index in [1.807, 2.05) is 29.2 Å². The Bertz CT molecular complexity index is 650. The Balaban J connectivity index is 1.77. The highest BCUT2D eigenvalue weighted by Gasteiger charge is 2.30. The van der Waals surface area contributed by atoms with Gasteiger partial charge in [-0.2, -0.15) is 0 Å². The second-order valence-corrected chi connectivity index (χ2v) is 6.48. The third-order valence-corrected chi connectivity index (χ3v) is 4.61. The van der Waals surface area contributed by atoms with Crippen LogP contribution in [0.1, 0.15) is 31.5 Å². The largest absolute Gasteiger partial charge is 0.348 e. The Labute approximate surface area is 139 Å². The summed E-state index contributed by atoms with van der Waals surface area (Å²) in [5.41, 5.74) is 2.06. The molecule has 1 atom stereocenters. The molecule has 1 aliphatic heterocycles. The second-order valence-electron chi connectivity index (χ2n) is 5.56. The Morgan fingerprint density at radius 3 is 2.77 bits per heavy atom. The van der Waals surface area contributed by atoms with Gasteiger partial charge in [-0.1, -0.05) is 29.3 Å². The highest BCUT2D eigenvalue weighted by atomic mass is 79.9. The summed E-state index contributed by atoms with van der Waals surface area (Å²) in [5.74, 6) is 0. The van der Waals surface area contributed by atoms with Gasteiger partial charge in [0.15, 0.2) is 0 Å². The van der Waals surface area contributed by atoms with Crippen LogP contribution < -0.4 is 5.32 Å². The third-order valence-electron chi connectivity index (χ3n) is 4.08. The molecule has 0 unspecified atom stereocenters. The van der Waals surface area contributed by atoms with Gasteiger partial charge in [0.2, 0.25) is 0 Å². The lowest BCUT2D eigenvalue weighted by Gasteiger charge is -2.37. The molecule has 116 valence electrons. The lowest BCUT2D eigenvalue weighted by atomic mass is 10.0.